The van der Waals surface area contributed by atoms with Crippen molar-refractivity contribution in [2.45, 2.75) is 204 Å². The zero-order chi connectivity index (χ0) is 40.4. The number of rotatable bonds is 7. The number of hydrogen-bond donors (Lipinski definition) is 9. The zero-order valence-corrected chi connectivity index (χ0v) is 33.9. The van der Waals surface area contributed by atoms with Crippen LogP contribution in [0, 0.1) is 45.8 Å². The molecule has 22 atom stereocenters. The van der Waals surface area contributed by atoms with Gasteiger partial charge in [-0.05, 0) is 125 Å². The van der Waals surface area contributed by atoms with Crippen LogP contribution >= 0.6 is 0 Å². The van der Waals surface area contributed by atoms with Gasteiger partial charge in [0.15, 0.2) is 12.6 Å². The Bertz CT molecular complexity index is 1380. The van der Waals surface area contributed by atoms with Gasteiger partial charge >= 0.3 is 0 Å². The van der Waals surface area contributed by atoms with Crippen LogP contribution in [0.5, 0.6) is 0 Å². The van der Waals surface area contributed by atoms with Crippen LogP contribution < -0.4 is 0 Å². The van der Waals surface area contributed by atoms with Gasteiger partial charge in [-0.15, -0.1) is 0 Å². The maximum absolute atomic E-state index is 12.3. The Morgan fingerprint density at radius 2 is 1.35 bits per heavy atom. The van der Waals surface area contributed by atoms with Crippen molar-refractivity contribution in [1.82, 2.24) is 0 Å². The topological polar surface area (TPSA) is 228 Å². The van der Waals surface area contributed by atoms with Gasteiger partial charge in [-0.2, -0.15) is 0 Å². The van der Waals surface area contributed by atoms with Crippen LogP contribution in [0.3, 0.4) is 0 Å². The summed E-state index contributed by atoms with van der Waals surface area (Å²) < 4.78 is 31.8. The zero-order valence-electron chi connectivity index (χ0n) is 33.9. The Balaban J connectivity index is 1.23. The van der Waals surface area contributed by atoms with E-state index in [-0.39, 0.29) is 46.5 Å². The number of fused-ring (bicyclic) bond motifs is 5. The standard InChI is InChI=1S/C41H70O14/c1-18-28(45)30(47)32(49)35(51-18)54-33-31(48)29(46)24(17-42)53-36(33)52-23-16-21-20(40(7)13-10-25(44)37(2,3)34(23)40)15-22(43)27-19(9-12-39(21,27)6)41(8)14-11-26(55-41)38(4,5)50/h18-36,42-50H,9-17H2,1-8H3/t18-,19+,20-,21-,22-,23-,24+,25+,26-,27+,28+,29+,30-,31-,32-,33+,34-,35+,36+,39-,40-,41+/m1/s1. The van der Waals surface area contributed by atoms with E-state index in [1.54, 1.807) is 13.8 Å². The first-order valence-corrected chi connectivity index (χ1v) is 20.9. The van der Waals surface area contributed by atoms with Crippen molar-refractivity contribution in [1.29, 1.82) is 0 Å². The number of aliphatic hydroxyl groups excluding tert-OH is 8. The van der Waals surface area contributed by atoms with Crippen molar-refractivity contribution in [2.24, 2.45) is 45.8 Å². The minimum atomic E-state index is -1.69. The molecule has 7 fully saturated rings. The third kappa shape index (κ3) is 6.78. The number of ether oxygens (including phenoxy) is 5. The highest BCUT2D eigenvalue weighted by Gasteiger charge is 2.70. The molecule has 0 spiro atoms. The van der Waals surface area contributed by atoms with Crippen molar-refractivity contribution >= 4 is 0 Å². The molecule has 14 nitrogen and oxygen atoms in total. The lowest BCUT2D eigenvalue weighted by Gasteiger charge is -2.68. The fraction of sp³-hybridized carbons (Fsp3) is 1.00. The summed E-state index contributed by atoms with van der Waals surface area (Å²) in [5, 5.41) is 99.1. The molecular formula is C41H70O14. The molecule has 4 saturated carbocycles. The predicted octanol–water partition coefficient (Wildman–Crippen LogP) is 0.969. The Kier molecular flexibility index (Phi) is 11.3. The summed E-state index contributed by atoms with van der Waals surface area (Å²) in [6, 6.07) is 0. The maximum atomic E-state index is 12.3. The minimum Gasteiger partial charge on any atom is -0.394 e. The highest BCUT2D eigenvalue weighted by atomic mass is 16.8. The van der Waals surface area contributed by atoms with Crippen molar-refractivity contribution < 1.29 is 69.6 Å². The lowest BCUT2D eigenvalue weighted by molar-refractivity contribution is -0.379. The van der Waals surface area contributed by atoms with Crippen LogP contribution in [0.25, 0.3) is 0 Å². The average molecular weight is 787 g/mol. The first-order valence-electron chi connectivity index (χ1n) is 20.9. The summed E-state index contributed by atoms with van der Waals surface area (Å²) in [6.45, 7) is 15.3. The van der Waals surface area contributed by atoms with Crippen LogP contribution in [-0.2, 0) is 23.7 Å². The molecule has 0 unspecified atom stereocenters. The quantitative estimate of drug-likeness (QED) is 0.164. The van der Waals surface area contributed by atoms with Crippen molar-refractivity contribution in [3.05, 3.63) is 0 Å². The SMILES string of the molecule is C[C@H]1O[C@@H](O[C@@H]2[C@@H](O[C@@H]3C[C@@H]4[C@@H](C[C@@H](O)[C@@H]5[C@@H]([C@]6(C)CC[C@H](C(C)(C)O)O6)CC[C@@]54C)[C@@]4(C)CC[C@H](O)C(C)(C)[C@@H]34)O[C@@H](CO)[C@H](O)[C@H]2O)[C@H](O)[C@H](O)[C@H]1O. The molecule has 3 aliphatic heterocycles. The number of hydrogen-bond acceptors (Lipinski definition) is 14. The van der Waals surface area contributed by atoms with Gasteiger partial charge in [-0.3, -0.25) is 0 Å². The lowest BCUT2D eigenvalue weighted by atomic mass is 9.39. The molecule has 0 amide bonds. The van der Waals surface area contributed by atoms with Crippen LogP contribution in [0.1, 0.15) is 107 Å². The molecule has 9 N–H and O–H groups in total. The Hall–Kier alpha value is -0.560. The van der Waals surface area contributed by atoms with E-state index in [9.17, 15) is 46.0 Å². The second-order valence-corrected chi connectivity index (χ2v) is 20.6. The second kappa shape index (κ2) is 14.6. The Labute approximate surface area is 325 Å². The van der Waals surface area contributed by atoms with Crippen LogP contribution in [0.2, 0.25) is 0 Å². The van der Waals surface area contributed by atoms with Gasteiger partial charge in [0, 0.05) is 0 Å². The van der Waals surface area contributed by atoms with Gasteiger partial charge in [0.2, 0.25) is 0 Å². The van der Waals surface area contributed by atoms with Gasteiger partial charge in [0.05, 0.1) is 48.3 Å². The fourth-order valence-electron chi connectivity index (χ4n) is 13.6. The predicted molar refractivity (Wildman–Crippen MR) is 196 cm³/mol. The van der Waals surface area contributed by atoms with E-state index in [2.05, 4.69) is 20.8 Å². The third-order valence-corrected chi connectivity index (χ3v) is 16.6. The average Bonchev–Trinajstić information content (AvgIpc) is 3.70. The second-order valence-electron chi connectivity index (χ2n) is 20.6. The smallest absolute Gasteiger partial charge is 0.187 e. The summed E-state index contributed by atoms with van der Waals surface area (Å²) in [7, 11) is 0. The Morgan fingerprint density at radius 1 is 0.691 bits per heavy atom. The molecule has 0 bridgehead atoms. The molecule has 0 aromatic carbocycles. The fourth-order valence-corrected chi connectivity index (χ4v) is 13.6. The molecule has 55 heavy (non-hydrogen) atoms. The molecule has 7 aliphatic rings. The van der Waals surface area contributed by atoms with Gasteiger partial charge in [-0.1, -0.05) is 27.7 Å². The highest BCUT2D eigenvalue weighted by Crippen LogP contribution is 2.72. The van der Waals surface area contributed by atoms with Crippen LogP contribution in [0.15, 0.2) is 0 Å². The molecular weight excluding hydrogens is 716 g/mol. The summed E-state index contributed by atoms with van der Waals surface area (Å²) >= 11 is 0. The first kappa shape index (κ1) is 42.6. The summed E-state index contributed by atoms with van der Waals surface area (Å²) in [6.07, 6.45) is -10.7. The van der Waals surface area contributed by atoms with E-state index < -0.39 is 103 Å². The maximum Gasteiger partial charge on any atom is 0.187 e. The molecule has 0 radical (unpaired) electrons. The minimum absolute atomic E-state index is 0.0613. The molecule has 7 rings (SSSR count). The molecule has 0 aromatic heterocycles. The van der Waals surface area contributed by atoms with Gasteiger partial charge in [-0.25, -0.2) is 0 Å². The normalized spacial score (nSPS) is 56.8. The van der Waals surface area contributed by atoms with Crippen molar-refractivity contribution in [2.75, 3.05) is 6.61 Å². The van der Waals surface area contributed by atoms with E-state index in [4.69, 9.17) is 23.7 Å². The largest absolute Gasteiger partial charge is 0.394 e. The highest BCUT2D eigenvalue weighted by molar-refractivity contribution is 5.18. The van der Waals surface area contributed by atoms with Crippen molar-refractivity contribution in [3.63, 3.8) is 0 Å². The van der Waals surface area contributed by atoms with Crippen molar-refractivity contribution in [3.8, 4) is 0 Å². The van der Waals surface area contributed by atoms with E-state index >= 15 is 0 Å². The first-order chi connectivity index (χ1) is 25.5. The molecule has 3 heterocycles. The van der Waals surface area contributed by atoms with Gasteiger partial charge in [0.25, 0.3) is 0 Å². The van der Waals surface area contributed by atoms with E-state index in [1.165, 1.54) is 6.92 Å². The summed E-state index contributed by atoms with van der Waals surface area (Å²) in [4.78, 5) is 0. The van der Waals surface area contributed by atoms with E-state index in [0.717, 1.165) is 25.7 Å². The third-order valence-electron chi connectivity index (χ3n) is 16.6. The van der Waals surface area contributed by atoms with Crippen LogP contribution in [-0.4, -0.2) is 150 Å². The molecule has 0 aromatic rings. The van der Waals surface area contributed by atoms with E-state index in [0.29, 0.717) is 25.7 Å². The molecule has 14 heteroatoms. The number of aliphatic hydroxyl groups is 9. The van der Waals surface area contributed by atoms with Crippen LogP contribution in [0.4, 0.5) is 0 Å². The molecule has 318 valence electrons. The lowest BCUT2D eigenvalue weighted by Crippen LogP contribution is -2.68. The summed E-state index contributed by atoms with van der Waals surface area (Å²) in [5.41, 5.74) is -2.81. The van der Waals surface area contributed by atoms with Gasteiger partial charge in [0.1, 0.15) is 42.7 Å². The Morgan fingerprint density at radius 3 is 1.98 bits per heavy atom. The van der Waals surface area contributed by atoms with E-state index in [1.807, 2.05) is 13.8 Å². The van der Waals surface area contributed by atoms with Gasteiger partial charge < -0.3 is 69.6 Å². The monoisotopic (exact) mass is 786 g/mol. The molecule has 3 saturated heterocycles. The molecule has 4 aliphatic carbocycles. The summed E-state index contributed by atoms with van der Waals surface area (Å²) in [5.74, 6) is -0.0280.